The number of aliphatic hydroxyl groups is 1. The summed E-state index contributed by atoms with van der Waals surface area (Å²) in [5.41, 5.74) is 0.988. The molecule has 1 aliphatic heterocycles. The minimum Gasteiger partial charge on any atom is -0.386 e. The number of aryl methyl sites for hydroxylation is 1. The van der Waals surface area contributed by atoms with Crippen LogP contribution in [0.25, 0.3) is 0 Å². The van der Waals surface area contributed by atoms with Crippen LogP contribution in [0.5, 0.6) is 0 Å². The lowest BCUT2D eigenvalue weighted by atomic mass is 9.83. The lowest BCUT2D eigenvalue weighted by Gasteiger charge is -2.46. The van der Waals surface area contributed by atoms with Gasteiger partial charge in [-0.1, -0.05) is 25.5 Å². The highest BCUT2D eigenvalue weighted by atomic mass is 19.1. The van der Waals surface area contributed by atoms with Crippen LogP contribution in [-0.4, -0.2) is 28.6 Å². The first-order chi connectivity index (χ1) is 9.49. The summed E-state index contributed by atoms with van der Waals surface area (Å²) >= 11 is 0. The average molecular weight is 279 g/mol. The first-order valence-corrected chi connectivity index (χ1v) is 7.68. The standard InChI is InChI=1S/C17H26FNO/c1-4-17(3,19-10-6-5-7-11-19)16(20)14-9-8-13(2)15(18)12-14/h8-9,12,16,20H,4-7,10-11H2,1-3H3. The van der Waals surface area contributed by atoms with E-state index in [2.05, 4.69) is 18.7 Å². The summed E-state index contributed by atoms with van der Waals surface area (Å²) in [6, 6.07) is 5.08. The highest BCUT2D eigenvalue weighted by Crippen LogP contribution is 2.36. The van der Waals surface area contributed by atoms with E-state index in [1.807, 2.05) is 6.07 Å². The van der Waals surface area contributed by atoms with Crippen molar-refractivity contribution >= 4 is 0 Å². The van der Waals surface area contributed by atoms with E-state index in [4.69, 9.17) is 0 Å². The summed E-state index contributed by atoms with van der Waals surface area (Å²) in [5, 5.41) is 10.8. The van der Waals surface area contributed by atoms with Crippen LogP contribution < -0.4 is 0 Å². The zero-order valence-electron chi connectivity index (χ0n) is 12.8. The highest BCUT2D eigenvalue weighted by Gasteiger charge is 2.38. The number of likely N-dealkylation sites (tertiary alicyclic amines) is 1. The van der Waals surface area contributed by atoms with Gasteiger partial charge in [0.1, 0.15) is 5.82 Å². The molecule has 0 aromatic heterocycles. The maximum absolute atomic E-state index is 13.7. The molecule has 1 saturated heterocycles. The Morgan fingerprint density at radius 3 is 2.50 bits per heavy atom. The predicted molar refractivity (Wildman–Crippen MR) is 80.2 cm³/mol. The van der Waals surface area contributed by atoms with E-state index in [0.29, 0.717) is 11.1 Å². The lowest BCUT2D eigenvalue weighted by Crippen LogP contribution is -2.52. The van der Waals surface area contributed by atoms with Gasteiger partial charge in [0, 0.05) is 5.54 Å². The minimum atomic E-state index is -0.652. The molecule has 0 radical (unpaired) electrons. The molecule has 2 atom stereocenters. The fraction of sp³-hybridized carbons (Fsp3) is 0.647. The number of rotatable bonds is 4. The van der Waals surface area contributed by atoms with Crippen molar-refractivity contribution in [3.8, 4) is 0 Å². The first-order valence-electron chi connectivity index (χ1n) is 7.68. The van der Waals surface area contributed by atoms with Crippen LogP contribution >= 0.6 is 0 Å². The van der Waals surface area contributed by atoms with Gasteiger partial charge in [-0.05, 0) is 63.4 Å². The first kappa shape index (κ1) is 15.5. The normalized spacial score (nSPS) is 21.4. The smallest absolute Gasteiger partial charge is 0.126 e. The number of halogens is 1. The third-order valence-corrected chi connectivity index (χ3v) is 4.89. The number of piperidine rings is 1. The van der Waals surface area contributed by atoms with E-state index in [0.717, 1.165) is 19.5 Å². The molecule has 1 fully saturated rings. The topological polar surface area (TPSA) is 23.5 Å². The molecule has 112 valence electrons. The lowest BCUT2D eigenvalue weighted by molar-refractivity contribution is -0.0353. The van der Waals surface area contributed by atoms with E-state index in [9.17, 15) is 9.50 Å². The van der Waals surface area contributed by atoms with Gasteiger partial charge < -0.3 is 5.11 Å². The minimum absolute atomic E-state index is 0.237. The molecule has 0 aliphatic carbocycles. The van der Waals surface area contributed by atoms with Crippen molar-refractivity contribution in [2.24, 2.45) is 0 Å². The zero-order valence-corrected chi connectivity index (χ0v) is 12.8. The van der Waals surface area contributed by atoms with Crippen molar-refractivity contribution in [3.63, 3.8) is 0 Å². The molecule has 0 spiro atoms. The fourth-order valence-electron chi connectivity index (χ4n) is 3.13. The monoisotopic (exact) mass is 279 g/mol. The van der Waals surface area contributed by atoms with Crippen molar-refractivity contribution in [1.82, 2.24) is 4.90 Å². The van der Waals surface area contributed by atoms with Gasteiger partial charge in [0.2, 0.25) is 0 Å². The Balaban J connectivity index is 2.26. The van der Waals surface area contributed by atoms with Crippen LogP contribution in [0.3, 0.4) is 0 Å². The molecule has 0 amide bonds. The van der Waals surface area contributed by atoms with Crippen molar-refractivity contribution < 1.29 is 9.50 Å². The molecule has 3 heteroatoms. The summed E-state index contributed by atoms with van der Waals surface area (Å²) in [4.78, 5) is 2.37. The van der Waals surface area contributed by atoms with Crippen molar-refractivity contribution in [1.29, 1.82) is 0 Å². The zero-order chi connectivity index (χ0) is 14.8. The average Bonchev–Trinajstić information content (AvgIpc) is 2.49. The van der Waals surface area contributed by atoms with Gasteiger partial charge in [-0.2, -0.15) is 0 Å². The second kappa shape index (κ2) is 6.23. The Kier molecular flexibility index (Phi) is 4.82. The number of hydrogen-bond acceptors (Lipinski definition) is 2. The van der Waals surface area contributed by atoms with Gasteiger partial charge in [-0.3, -0.25) is 4.90 Å². The van der Waals surface area contributed by atoms with Crippen LogP contribution in [0.2, 0.25) is 0 Å². The molecule has 1 aromatic carbocycles. The fourth-order valence-corrected chi connectivity index (χ4v) is 3.13. The van der Waals surface area contributed by atoms with Crippen LogP contribution in [-0.2, 0) is 0 Å². The quantitative estimate of drug-likeness (QED) is 0.905. The van der Waals surface area contributed by atoms with E-state index >= 15 is 0 Å². The molecule has 0 saturated carbocycles. The van der Waals surface area contributed by atoms with Crippen molar-refractivity contribution in [2.75, 3.05) is 13.1 Å². The van der Waals surface area contributed by atoms with Gasteiger partial charge in [0.25, 0.3) is 0 Å². The third kappa shape index (κ3) is 2.89. The number of benzene rings is 1. The molecule has 2 nitrogen and oxygen atoms in total. The van der Waals surface area contributed by atoms with E-state index in [1.165, 1.54) is 25.3 Å². The molecule has 1 aromatic rings. The van der Waals surface area contributed by atoms with Gasteiger partial charge in [-0.25, -0.2) is 4.39 Å². The molecule has 0 bridgehead atoms. The Bertz CT molecular complexity index is 456. The summed E-state index contributed by atoms with van der Waals surface area (Å²) in [5.74, 6) is -0.237. The van der Waals surface area contributed by atoms with E-state index < -0.39 is 6.10 Å². The van der Waals surface area contributed by atoms with Crippen LogP contribution in [0.15, 0.2) is 18.2 Å². The molecule has 1 aliphatic rings. The summed E-state index contributed by atoms with van der Waals surface area (Å²) in [7, 11) is 0. The van der Waals surface area contributed by atoms with E-state index in [1.54, 1.807) is 13.0 Å². The SMILES string of the molecule is CCC(C)(C(O)c1ccc(C)c(F)c1)N1CCCCC1. The summed E-state index contributed by atoms with van der Waals surface area (Å²) in [6.45, 7) is 7.99. The maximum Gasteiger partial charge on any atom is 0.126 e. The number of aliphatic hydroxyl groups excluding tert-OH is 1. The molecule has 2 unspecified atom stereocenters. The summed E-state index contributed by atoms with van der Waals surface area (Å²) < 4.78 is 13.7. The van der Waals surface area contributed by atoms with Crippen LogP contribution in [0.4, 0.5) is 4.39 Å². The number of hydrogen-bond donors (Lipinski definition) is 1. The van der Waals surface area contributed by atoms with Gasteiger partial charge in [0.05, 0.1) is 6.10 Å². The molecule has 1 heterocycles. The largest absolute Gasteiger partial charge is 0.386 e. The van der Waals surface area contributed by atoms with Crippen LogP contribution in [0, 0.1) is 12.7 Å². The second-order valence-electron chi connectivity index (χ2n) is 6.17. The molecule has 20 heavy (non-hydrogen) atoms. The van der Waals surface area contributed by atoms with Gasteiger partial charge >= 0.3 is 0 Å². The Morgan fingerprint density at radius 1 is 1.30 bits per heavy atom. The predicted octanol–water partition coefficient (Wildman–Crippen LogP) is 3.82. The molecule has 2 rings (SSSR count). The maximum atomic E-state index is 13.7. The highest BCUT2D eigenvalue weighted by molar-refractivity contribution is 5.27. The molecular formula is C17H26FNO. The Hall–Kier alpha value is -0.930. The van der Waals surface area contributed by atoms with Crippen LogP contribution in [0.1, 0.15) is 56.8 Å². The second-order valence-corrected chi connectivity index (χ2v) is 6.17. The Morgan fingerprint density at radius 2 is 1.95 bits per heavy atom. The van der Waals surface area contributed by atoms with Gasteiger partial charge in [-0.15, -0.1) is 0 Å². The summed E-state index contributed by atoms with van der Waals surface area (Å²) in [6.07, 6.45) is 3.84. The molecular weight excluding hydrogens is 253 g/mol. The third-order valence-electron chi connectivity index (χ3n) is 4.89. The van der Waals surface area contributed by atoms with Crippen molar-refractivity contribution in [3.05, 3.63) is 35.1 Å². The van der Waals surface area contributed by atoms with E-state index in [-0.39, 0.29) is 11.4 Å². The van der Waals surface area contributed by atoms with Crippen molar-refractivity contribution in [2.45, 2.75) is 58.1 Å². The van der Waals surface area contributed by atoms with Gasteiger partial charge in [0.15, 0.2) is 0 Å². The Labute approximate surface area is 121 Å². The molecule has 1 N–H and O–H groups in total. The number of nitrogens with zero attached hydrogens (tertiary/aromatic N) is 1.